The van der Waals surface area contributed by atoms with E-state index in [0.29, 0.717) is 17.0 Å². The monoisotopic (exact) mass is 296 g/mol. The van der Waals surface area contributed by atoms with Crippen molar-refractivity contribution in [2.24, 2.45) is 0 Å². The number of aromatic amines is 1. The number of carbonyl (C=O) groups is 1. The molecule has 2 aromatic carbocycles. The number of rotatable bonds is 4. The van der Waals surface area contributed by atoms with E-state index in [-0.39, 0.29) is 0 Å². The Morgan fingerprint density at radius 2 is 1.91 bits per heavy atom. The van der Waals surface area contributed by atoms with Crippen molar-refractivity contribution in [3.05, 3.63) is 42.0 Å². The third kappa shape index (κ3) is 2.16. The number of nitrogens with one attached hydrogen (secondary N) is 1. The Labute approximate surface area is 127 Å². The second-order valence-electron chi connectivity index (χ2n) is 4.90. The summed E-state index contributed by atoms with van der Waals surface area (Å²) in [5.41, 5.74) is 9.40. The Bertz CT molecular complexity index is 852. The summed E-state index contributed by atoms with van der Waals surface area (Å²) in [6.45, 7) is 0. The zero-order valence-corrected chi connectivity index (χ0v) is 12.3. The number of benzene rings is 2. The molecule has 0 amide bonds. The molecular formula is C17H16N2O3. The maximum absolute atomic E-state index is 11.0. The Morgan fingerprint density at radius 3 is 2.59 bits per heavy atom. The fourth-order valence-corrected chi connectivity index (χ4v) is 2.53. The fraction of sp³-hybridized carbons (Fsp3) is 0.118. The van der Waals surface area contributed by atoms with Gasteiger partial charge in [0.25, 0.3) is 0 Å². The Balaban J connectivity index is 2.18. The number of ether oxygens (including phenoxy) is 2. The van der Waals surface area contributed by atoms with Crippen LogP contribution in [0.2, 0.25) is 0 Å². The van der Waals surface area contributed by atoms with Crippen LogP contribution < -0.4 is 15.2 Å². The minimum absolute atomic E-state index is 0.339. The third-order valence-electron chi connectivity index (χ3n) is 3.68. The van der Waals surface area contributed by atoms with Gasteiger partial charge >= 0.3 is 0 Å². The minimum Gasteiger partial charge on any atom is -0.497 e. The van der Waals surface area contributed by atoms with Crippen LogP contribution in [-0.4, -0.2) is 25.5 Å². The van der Waals surface area contributed by atoms with Crippen LogP contribution in [0.3, 0.4) is 0 Å². The van der Waals surface area contributed by atoms with Crippen molar-refractivity contribution in [2.75, 3.05) is 20.0 Å². The van der Waals surface area contributed by atoms with Crippen LogP contribution in [0, 0.1) is 0 Å². The van der Waals surface area contributed by atoms with Gasteiger partial charge in [0.05, 0.1) is 25.6 Å². The number of H-pyrrole nitrogens is 1. The smallest absolute Gasteiger partial charge is 0.152 e. The highest BCUT2D eigenvalue weighted by Crippen LogP contribution is 2.37. The molecule has 22 heavy (non-hydrogen) atoms. The van der Waals surface area contributed by atoms with Gasteiger partial charge in [-0.05, 0) is 36.4 Å². The van der Waals surface area contributed by atoms with Crippen molar-refractivity contribution in [3.63, 3.8) is 0 Å². The van der Waals surface area contributed by atoms with E-state index in [2.05, 4.69) is 4.98 Å². The first-order valence-electron chi connectivity index (χ1n) is 6.76. The fourth-order valence-electron chi connectivity index (χ4n) is 2.53. The summed E-state index contributed by atoms with van der Waals surface area (Å²) in [7, 11) is 3.17. The van der Waals surface area contributed by atoms with Crippen LogP contribution >= 0.6 is 0 Å². The summed E-state index contributed by atoms with van der Waals surface area (Å²) < 4.78 is 10.6. The standard InChI is InChI=1S/C17H16N2O3/c1-21-12-4-6-14-11(7-12)8-15(19-14)13-5-3-10(9-20)16(18)17(13)22-2/h3-9,19H,18H2,1-2H3. The Hall–Kier alpha value is -2.95. The van der Waals surface area contributed by atoms with Gasteiger partial charge in [0.1, 0.15) is 5.75 Å². The first-order chi connectivity index (χ1) is 10.7. The molecule has 3 rings (SSSR count). The van der Waals surface area contributed by atoms with Gasteiger partial charge in [-0.15, -0.1) is 0 Å². The molecule has 0 aliphatic heterocycles. The van der Waals surface area contributed by atoms with E-state index in [1.54, 1.807) is 13.2 Å². The molecule has 0 bridgehead atoms. The zero-order valence-electron chi connectivity index (χ0n) is 12.3. The van der Waals surface area contributed by atoms with Crippen molar-refractivity contribution >= 4 is 22.9 Å². The van der Waals surface area contributed by atoms with E-state index in [9.17, 15) is 4.79 Å². The number of anilines is 1. The second kappa shape index (κ2) is 5.44. The van der Waals surface area contributed by atoms with Crippen LogP contribution in [0.1, 0.15) is 10.4 Å². The van der Waals surface area contributed by atoms with E-state index in [1.807, 2.05) is 30.3 Å². The number of fused-ring (bicyclic) bond motifs is 1. The number of aromatic nitrogens is 1. The van der Waals surface area contributed by atoms with Crippen LogP contribution in [0.4, 0.5) is 5.69 Å². The summed E-state index contributed by atoms with van der Waals surface area (Å²) in [5, 5.41) is 1.02. The second-order valence-corrected chi connectivity index (χ2v) is 4.90. The Kier molecular flexibility index (Phi) is 3.47. The number of hydrogen-bond donors (Lipinski definition) is 2. The lowest BCUT2D eigenvalue weighted by Crippen LogP contribution is -1.99. The van der Waals surface area contributed by atoms with Gasteiger partial charge in [-0.3, -0.25) is 4.79 Å². The molecule has 0 fully saturated rings. The summed E-state index contributed by atoms with van der Waals surface area (Å²) >= 11 is 0. The lowest BCUT2D eigenvalue weighted by atomic mass is 10.1. The molecule has 5 heteroatoms. The number of methoxy groups -OCH3 is 2. The molecule has 0 atom stereocenters. The van der Waals surface area contributed by atoms with E-state index in [4.69, 9.17) is 15.2 Å². The van der Waals surface area contributed by atoms with Gasteiger partial charge in [-0.1, -0.05) is 0 Å². The van der Waals surface area contributed by atoms with Gasteiger partial charge in [-0.2, -0.15) is 0 Å². The summed E-state index contributed by atoms with van der Waals surface area (Å²) in [6.07, 6.45) is 0.720. The van der Waals surface area contributed by atoms with Crippen molar-refractivity contribution in [2.45, 2.75) is 0 Å². The maximum atomic E-state index is 11.0. The highest BCUT2D eigenvalue weighted by Gasteiger charge is 2.14. The number of hydrogen-bond acceptors (Lipinski definition) is 4. The predicted octanol–water partition coefficient (Wildman–Crippen LogP) is 3.25. The number of nitrogen functional groups attached to an aromatic ring is 1. The number of carbonyl (C=O) groups excluding carboxylic acids is 1. The maximum Gasteiger partial charge on any atom is 0.152 e. The highest BCUT2D eigenvalue weighted by molar-refractivity contribution is 5.93. The average molecular weight is 296 g/mol. The third-order valence-corrected chi connectivity index (χ3v) is 3.68. The summed E-state index contributed by atoms with van der Waals surface area (Å²) in [5.74, 6) is 1.28. The molecule has 3 N–H and O–H groups in total. The van der Waals surface area contributed by atoms with Crippen molar-refractivity contribution in [3.8, 4) is 22.8 Å². The summed E-state index contributed by atoms with van der Waals surface area (Å²) in [4.78, 5) is 14.3. The molecule has 0 spiro atoms. The van der Waals surface area contributed by atoms with Gasteiger partial charge in [-0.25, -0.2) is 0 Å². The molecular weight excluding hydrogens is 280 g/mol. The van der Waals surface area contributed by atoms with E-state index in [0.717, 1.165) is 34.2 Å². The average Bonchev–Trinajstić information content (AvgIpc) is 2.97. The Morgan fingerprint density at radius 1 is 1.09 bits per heavy atom. The van der Waals surface area contributed by atoms with Crippen molar-refractivity contribution in [1.29, 1.82) is 0 Å². The largest absolute Gasteiger partial charge is 0.497 e. The zero-order chi connectivity index (χ0) is 15.7. The normalized spacial score (nSPS) is 10.6. The SMILES string of the molecule is COc1ccc2[nH]c(-c3ccc(C=O)c(N)c3OC)cc2c1. The van der Waals surface area contributed by atoms with Crippen molar-refractivity contribution < 1.29 is 14.3 Å². The van der Waals surface area contributed by atoms with Crippen LogP contribution in [0.5, 0.6) is 11.5 Å². The molecule has 1 aromatic heterocycles. The van der Waals surface area contributed by atoms with Gasteiger partial charge < -0.3 is 20.2 Å². The molecule has 3 aromatic rings. The lowest BCUT2D eigenvalue weighted by Gasteiger charge is -2.11. The molecule has 1 heterocycles. The molecule has 5 nitrogen and oxygen atoms in total. The number of aldehydes is 1. The van der Waals surface area contributed by atoms with Crippen LogP contribution in [0.15, 0.2) is 36.4 Å². The molecule has 112 valence electrons. The first-order valence-corrected chi connectivity index (χ1v) is 6.76. The predicted molar refractivity (Wildman–Crippen MR) is 86.6 cm³/mol. The van der Waals surface area contributed by atoms with Gasteiger partial charge in [0.2, 0.25) is 0 Å². The molecule has 0 radical (unpaired) electrons. The lowest BCUT2D eigenvalue weighted by molar-refractivity contribution is 0.112. The van der Waals surface area contributed by atoms with Crippen LogP contribution in [0.25, 0.3) is 22.2 Å². The molecule has 0 saturated heterocycles. The quantitative estimate of drug-likeness (QED) is 0.572. The summed E-state index contributed by atoms with van der Waals surface area (Å²) in [6, 6.07) is 11.3. The first kappa shape index (κ1) is 14.0. The van der Waals surface area contributed by atoms with Crippen molar-refractivity contribution in [1.82, 2.24) is 4.98 Å². The van der Waals surface area contributed by atoms with E-state index in [1.165, 1.54) is 7.11 Å². The molecule has 0 aliphatic carbocycles. The van der Waals surface area contributed by atoms with E-state index >= 15 is 0 Å². The molecule has 0 unspecified atom stereocenters. The molecule has 0 saturated carbocycles. The van der Waals surface area contributed by atoms with Gasteiger partial charge in [0.15, 0.2) is 12.0 Å². The van der Waals surface area contributed by atoms with Crippen LogP contribution in [-0.2, 0) is 0 Å². The molecule has 0 aliphatic rings. The van der Waals surface area contributed by atoms with E-state index < -0.39 is 0 Å². The van der Waals surface area contributed by atoms with Gasteiger partial charge in [0, 0.05) is 22.0 Å². The highest BCUT2D eigenvalue weighted by atomic mass is 16.5. The topological polar surface area (TPSA) is 77.3 Å². The number of nitrogens with two attached hydrogens (primary N) is 1. The minimum atomic E-state index is 0.339.